The molecule has 0 aliphatic heterocycles. The van der Waals surface area contributed by atoms with Crippen molar-refractivity contribution in [2.45, 2.75) is 12.5 Å². The molecular formula is C14H16N4O3. The van der Waals surface area contributed by atoms with E-state index in [-0.39, 0.29) is 17.8 Å². The summed E-state index contributed by atoms with van der Waals surface area (Å²) >= 11 is 0. The van der Waals surface area contributed by atoms with Crippen molar-refractivity contribution in [3.05, 3.63) is 47.7 Å². The molecule has 0 bridgehead atoms. The molecule has 0 saturated heterocycles. The van der Waals surface area contributed by atoms with Gasteiger partial charge in [0.2, 0.25) is 0 Å². The van der Waals surface area contributed by atoms with Crippen LogP contribution in [-0.2, 0) is 18.3 Å². The average Bonchev–Trinajstić information content (AvgIpc) is 2.79. The highest BCUT2D eigenvalue weighted by atomic mass is 16.4. The molecule has 2 rings (SSSR count). The molecule has 21 heavy (non-hydrogen) atoms. The van der Waals surface area contributed by atoms with Gasteiger partial charge in [-0.05, 0) is 5.56 Å². The fourth-order valence-corrected chi connectivity index (χ4v) is 1.91. The maximum atomic E-state index is 12.1. The van der Waals surface area contributed by atoms with Crippen molar-refractivity contribution in [3.63, 3.8) is 0 Å². The summed E-state index contributed by atoms with van der Waals surface area (Å²) in [5.41, 5.74) is 6.69. The number of nitrogens with one attached hydrogen (secondary N) is 1. The summed E-state index contributed by atoms with van der Waals surface area (Å²) < 4.78 is 1.35. The number of aliphatic carboxylic acids is 1. The van der Waals surface area contributed by atoms with E-state index in [1.54, 1.807) is 19.2 Å². The fourth-order valence-electron chi connectivity index (χ4n) is 1.91. The molecule has 0 saturated carbocycles. The molecule has 0 spiro atoms. The highest BCUT2D eigenvalue weighted by molar-refractivity contribution is 6.00. The lowest BCUT2D eigenvalue weighted by atomic mass is 10.1. The van der Waals surface area contributed by atoms with Gasteiger partial charge in [-0.15, -0.1) is 0 Å². The highest BCUT2D eigenvalue weighted by Gasteiger charge is 2.23. The number of anilines is 1. The summed E-state index contributed by atoms with van der Waals surface area (Å²) in [7, 11) is 1.60. The number of carboxylic acids is 1. The van der Waals surface area contributed by atoms with E-state index in [0.717, 1.165) is 5.56 Å². The van der Waals surface area contributed by atoms with E-state index in [0.29, 0.717) is 0 Å². The Hall–Kier alpha value is -2.83. The molecule has 0 aliphatic carbocycles. The first-order valence-electron chi connectivity index (χ1n) is 6.34. The number of aromatic nitrogens is 2. The molecule has 1 unspecified atom stereocenters. The van der Waals surface area contributed by atoms with Crippen molar-refractivity contribution in [1.82, 2.24) is 15.1 Å². The third-order valence-corrected chi connectivity index (χ3v) is 3.12. The molecule has 0 radical (unpaired) electrons. The Bertz CT molecular complexity index is 651. The Labute approximate surface area is 121 Å². The summed E-state index contributed by atoms with van der Waals surface area (Å²) in [6.45, 7) is 0. The van der Waals surface area contributed by atoms with Crippen LogP contribution in [0.25, 0.3) is 0 Å². The monoisotopic (exact) mass is 288 g/mol. The van der Waals surface area contributed by atoms with E-state index >= 15 is 0 Å². The molecule has 110 valence electrons. The first-order chi connectivity index (χ1) is 9.99. The molecule has 1 heterocycles. The minimum atomic E-state index is -1.10. The molecule has 0 aliphatic rings. The Balaban J connectivity index is 2.11. The zero-order valence-electron chi connectivity index (χ0n) is 11.5. The van der Waals surface area contributed by atoms with Gasteiger partial charge < -0.3 is 16.2 Å². The van der Waals surface area contributed by atoms with Crippen LogP contribution in [0.3, 0.4) is 0 Å². The first kappa shape index (κ1) is 14.6. The Morgan fingerprint density at radius 2 is 2.05 bits per heavy atom. The predicted molar refractivity (Wildman–Crippen MR) is 76.7 cm³/mol. The number of carboxylic acid groups (broad SMARTS) is 1. The maximum Gasteiger partial charge on any atom is 0.326 e. The number of nitrogens with zero attached hydrogens (tertiary/aromatic N) is 2. The van der Waals surface area contributed by atoms with Gasteiger partial charge in [-0.1, -0.05) is 30.3 Å². The van der Waals surface area contributed by atoms with Gasteiger partial charge in [-0.3, -0.25) is 9.48 Å². The maximum absolute atomic E-state index is 12.1. The summed E-state index contributed by atoms with van der Waals surface area (Å²) in [5.74, 6) is -1.46. The highest BCUT2D eigenvalue weighted by Crippen LogP contribution is 2.10. The van der Waals surface area contributed by atoms with E-state index in [9.17, 15) is 14.7 Å². The van der Waals surface area contributed by atoms with Gasteiger partial charge >= 0.3 is 5.97 Å². The van der Waals surface area contributed by atoms with Gasteiger partial charge in [-0.2, -0.15) is 5.10 Å². The number of hydrogen-bond donors (Lipinski definition) is 3. The van der Waals surface area contributed by atoms with E-state index in [1.165, 1.54) is 10.9 Å². The molecular weight excluding hydrogens is 272 g/mol. The van der Waals surface area contributed by atoms with Crippen LogP contribution >= 0.6 is 0 Å². The summed E-state index contributed by atoms with van der Waals surface area (Å²) in [4.78, 5) is 23.4. The number of carbonyl (C=O) groups excluding carboxylic acids is 1. The molecule has 4 N–H and O–H groups in total. The second kappa shape index (κ2) is 6.08. The smallest absolute Gasteiger partial charge is 0.326 e. The zero-order valence-corrected chi connectivity index (χ0v) is 11.5. The van der Waals surface area contributed by atoms with Gasteiger partial charge in [0.15, 0.2) is 0 Å². The van der Waals surface area contributed by atoms with Crippen LogP contribution in [0.4, 0.5) is 5.82 Å². The number of nitrogen functional groups attached to an aromatic ring is 1. The van der Waals surface area contributed by atoms with Crippen molar-refractivity contribution in [2.24, 2.45) is 7.05 Å². The summed E-state index contributed by atoms with van der Waals surface area (Å²) in [5, 5.41) is 15.6. The normalized spacial score (nSPS) is 11.9. The van der Waals surface area contributed by atoms with Gasteiger partial charge in [-0.25, -0.2) is 4.79 Å². The number of benzene rings is 1. The third-order valence-electron chi connectivity index (χ3n) is 3.12. The van der Waals surface area contributed by atoms with E-state index in [2.05, 4.69) is 10.4 Å². The Kier molecular flexibility index (Phi) is 4.22. The first-order valence-corrected chi connectivity index (χ1v) is 6.34. The van der Waals surface area contributed by atoms with Crippen LogP contribution in [0, 0.1) is 0 Å². The van der Waals surface area contributed by atoms with E-state index in [1.807, 2.05) is 18.2 Å². The number of hydrogen-bond acceptors (Lipinski definition) is 4. The lowest BCUT2D eigenvalue weighted by molar-refractivity contribution is -0.139. The quantitative estimate of drug-likeness (QED) is 0.739. The van der Waals surface area contributed by atoms with Gasteiger partial charge in [0.25, 0.3) is 5.91 Å². The summed E-state index contributed by atoms with van der Waals surface area (Å²) in [6.07, 6.45) is 1.51. The van der Waals surface area contributed by atoms with Crippen LogP contribution in [0.1, 0.15) is 15.9 Å². The standard InChI is InChI=1S/C14H16N4O3/c1-18-12(15)10(8-16-18)13(19)17-11(14(20)21)7-9-5-3-2-4-6-9/h2-6,8,11H,7,15H2,1H3,(H,17,19)(H,20,21). The number of amides is 1. The predicted octanol–water partition coefficient (Wildman–Crippen LogP) is 0.428. The van der Waals surface area contributed by atoms with Gasteiger partial charge in [0.1, 0.15) is 17.4 Å². The van der Waals surface area contributed by atoms with Crippen molar-refractivity contribution < 1.29 is 14.7 Å². The van der Waals surface area contributed by atoms with Crippen molar-refractivity contribution in [2.75, 3.05) is 5.73 Å². The third kappa shape index (κ3) is 3.38. The van der Waals surface area contributed by atoms with Crippen molar-refractivity contribution in [1.29, 1.82) is 0 Å². The number of nitrogens with two attached hydrogens (primary N) is 1. The molecule has 1 aromatic heterocycles. The molecule has 7 heteroatoms. The molecule has 1 aromatic carbocycles. The molecule has 2 aromatic rings. The van der Waals surface area contributed by atoms with Crippen LogP contribution in [0.2, 0.25) is 0 Å². The van der Waals surface area contributed by atoms with Crippen LogP contribution in [-0.4, -0.2) is 32.8 Å². The minimum absolute atomic E-state index is 0.164. The van der Waals surface area contributed by atoms with Gasteiger partial charge in [0, 0.05) is 13.5 Å². The Morgan fingerprint density at radius 1 is 1.38 bits per heavy atom. The molecule has 1 amide bonds. The average molecular weight is 288 g/mol. The van der Waals surface area contributed by atoms with Crippen molar-refractivity contribution >= 4 is 17.7 Å². The van der Waals surface area contributed by atoms with Crippen LogP contribution in [0.5, 0.6) is 0 Å². The lowest BCUT2D eigenvalue weighted by Gasteiger charge is -2.14. The van der Waals surface area contributed by atoms with Gasteiger partial charge in [0.05, 0.1) is 6.20 Å². The zero-order chi connectivity index (χ0) is 15.4. The van der Waals surface area contributed by atoms with E-state index < -0.39 is 17.9 Å². The van der Waals surface area contributed by atoms with Crippen LogP contribution < -0.4 is 11.1 Å². The molecule has 1 atom stereocenters. The fraction of sp³-hybridized carbons (Fsp3) is 0.214. The summed E-state index contributed by atoms with van der Waals surface area (Å²) in [6, 6.07) is 8.05. The second-order valence-electron chi connectivity index (χ2n) is 4.62. The van der Waals surface area contributed by atoms with E-state index in [4.69, 9.17) is 5.73 Å². The SMILES string of the molecule is Cn1ncc(C(=O)NC(Cc2ccccc2)C(=O)O)c1N. The second-order valence-corrected chi connectivity index (χ2v) is 4.62. The number of carbonyl (C=O) groups is 2. The van der Waals surface area contributed by atoms with Crippen molar-refractivity contribution in [3.8, 4) is 0 Å². The minimum Gasteiger partial charge on any atom is -0.480 e. The Morgan fingerprint density at radius 3 is 2.57 bits per heavy atom. The van der Waals surface area contributed by atoms with Crippen LogP contribution in [0.15, 0.2) is 36.5 Å². The lowest BCUT2D eigenvalue weighted by Crippen LogP contribution is -2.42. The largest absolute Gasteiger partial charge is 0.480 e. The molecule has 7 nitrogen and oxygen atoms in total. The number of rotatable bonds is 5. The number of aryl methyl sites for hydroxylation is 1. The topological polar surface area (TPSA) is 110 Å². The molecule has 0 fully saturated rings.